The van der Waals surface area contributed by atoms with Crippen LogP contribution in [0.2, 0.25) is 0 Å². The van der Waals surface area contributed by atoms with Crippen molar-refractivity contribution in [2.24, 2.45) is 0 Å². The number of benzene rings is 3. The Hall–Kier alpha value is -3.60. The first kappa shape index (κ1) is 18.7. The van der Waals surface area contributed by atoms with E-state index in [9.17, 15) is 4.79 Å². The number of imidazole rings is 1. The van der Waals surface area contributed by atoms with E-state index in [4.69, 9.17) is 0 Å². The molecule has 29 heavy (non-hydrogen) atoms. The Balaban J connectivity index is 1.33. The van der Waals surface area contributed by atoms with Gasteiger partial charge in [-0.05, 0) is 73.4 Å². The van der Waals surface area contributed by atoms with Crippen LogP contribution in [-0.2, 0) is 12.8 Å². The maximum atomic E-state index is 12.3. The molecular weight excluding hydrogens is 360 g/mol. The molecular formula is C24H24N4O. The number of rotatable bonds is 5. The number of nitrogens with zero attached hydrogens (tertiary/aromatic N) is 1. The summed E-state index contributed by atoms with van der Waals surface area (Å²) in [5.41, 5.74) is 7.06. The normalized spacial score (nSPS) is 10.8. The third-order valence-electron chi connectivity index (χ3n) is 4.78. The lowest BCUT2D eigenvalue weighted by Gasteiger charge is -2.10. The summed E-state index contributed by atoms with van der Waals surface area (Å²) in [7, 11) is 0. The number of fused-ring (bicyclic) bond motifs is 1. The summed E-state index contributed by atoms with van der Waals surface area (Å²) in [6.07, 6.45) is 1.73. The Bertz CT molecular complexity index is 1090. The lowest BCUT2D eigenvalue weighted by molar-refractivity contribution is 0.262. The van der Waals surface area contributed by atoms with E-state index in [2.05, 4.69) is 26.7 Å². The monoisotopic (exact) mass is 384 g/mol. The van der Waals surface area contributed by atoms with Crippen LogP contribution in [0.5, 0.6) is 0 Å². The summed E-state index contributed by atoms with van der Waals surface area (Å²) >= 11 is 0. The van der Waals surface area contributed by atoms with Crippen molar-refractivity contribution in [2.45, 2.75) is 26.7 Å². The number of hydrogen-bond donors (Lipinski definition) is 3. The molecule has 0 spiro atoms. The SMILES string of the molecule is Cc1cc(C)cc(NC(=O)Nc2ccc(CCc3nc4ccccc4[nH]3)cc2)c1. The van der Waals surface area contributed by atoms with E-state index in [1.54, 1.807) is 0 Å². The zero-order valence-electron chi connectivity index (χ0n) is 16.6. The molecule has 1 aromatic heterocycles. The molecule has 0 aliphatic carbocycles. The third kappa shape index (κ3) is 4.82. The van der Waals surface area contributed by atoms with Gasteiger partial charge >= 0.3 is 6.03 Å². The molecule has 0 atom stereocenters. The van der Waals surface area contributed by atoms with Crippen molar-refractivity contribution in [2.75, 3.05) is 10.6 Å². The van der Waals surface area contributed by atoms with Gasteiger partial charge in [0.15, 0.2) is 0 Å². The fourth-order valence-corrected chi connectivity index (χ4v) is 3.48. The number of amides is 2. The highest BCUT2D eigenvalue weighted by atomic mass is 16.2. The molecule has 3 aromatic carbocycles. The summed E-state index contributed by atoms with van der Waals surface area (Å²) < 4.78 is 0. The Morgan fingerprint density at radius 1 is 0.862 bits per heavy atom. The average molecular weight is 384 g/mol. The van der Waals surface area contributed by atoms with E-state index in [-0.39, 0.29) is 6.03 Å². The summed E-state index contributed by atoms with van der Waals surface area (Å²) in [6.45, 7) is 4.03. The highest BCUT2D eigenvalue weighted by Gasteiger charge is 2.05. The van der Waals surface area contributed by atoms with Crippen molar-refractivity contribution in [3.05, 3.63) is 89.2 Å². The van der Waals surface area contributed by atoms with E-state index in [0.717, 1.165) is 52.2 Å². The smallest absolute Gasteiger partial charge is 0.323 e. The highest BCUT2D eigenvalue weighted by molar-refractivity contribution is 5.99. The second-order valence-electron chi connectivity index (χ2n) is 7.35. The zero-order valence-corrected chi connectivity index (χ0v) is 16.6. The number of urea groups is 1. The van der Waals surface area contributed by atoms with Crippen molar-refractivity contribution in [1.82, 2.24) is 9.97 Å². The summed E-state index contributed by atoms with van der Waals surface area (Å²) in [4.78, 5) is 20.2. The number of aromatic nitrogens is 2. The van der Waals surface area contributed by atoms with Crippen molar-refractivity contribution >= 4 is 28.4 Å². The van der Waals surface area contributed by atoms with Crippen LogP contribution >= 0.6 is 0 Å². The van der Waals surface area contributed by atoms with Crippen molar-refractivity contribution in [3.63, 3.8) is 0 Å². The van der Waals surface area contributed by atoms with Gasteiger partial charge in [-0.2, -0.15) is 0 Å². The second kappa shape index (κ2) is 8.19. The Morgan fingerprint density at radius 3 is 2.28 bits per heavy atom. The molecule has 0 saturated carbocycles. The van der Waals surface area contributed by atoms with Gasteiger partial charge in [0, 0.05) is 17.8 Å². The number of hydrogen-bond acceptors (Lipinski definition) is 2. The largest absolute Gasteiger partial charge is 0.342 e. The molecule has 1 heterocycles. The third-order valence-corrected chi connectivity index (χ3v) is 4.78. The van der Waals surface area contributed by atoms with Gasteiger partial charge in [0.05, 0.1) is 11.0 Å². The molecule has 0 aliphatic heterocycles. The maximum absolute atomic E-state index is 12.3. The molecule has 146 valence electrons. The lowest BCUT2D eigenvalue weighted by Crippen LogP contribution is -2.19. The van der Waals surface area contributed by atoms with Gasteiger partial charge in [0.1, 0.15) is 5.82 Å². The summed E-state index contributed by atoms with van der Waals surface area (Å²) in [6, 6.07) is 21.7. The number of aryl methyl sites for hydroxylation is 4. The highest BCUT2D eigenvalue weighted by Crippen LogP contribution is 2.16. The van der Waals surface area contributed by atoms with E-state index >= 15 is 0 Å². The molecule has 0 saturated heterocycles. The molecule has 0 aliphatic rings. The molecule has 0 unspecified atom stereocenters. The van der Waals surface area contributed by atoms with Crippen LogP contribution in [0, 0.1) is 13.8 Å². The quantitative estimate of drug-likeness (QED) is 0.419. The van der Waals surface area contributed by atoms with Crippen LogP contribution in [0.15, 0.2) is 66.7 Å². The first-order valence-corrected chi connectivity index (χ1v) is 9.74. The number of nitrogens with one attached hydrogen (secondary N) is 3. The van der Waals surface area contributed by atoms with Crippen LogP contribution in [0.3, 0.4) is 0 Å². The molecule has 4 rings (SSSR count). The van der Waals surface area contributed by atoms with E-state index in [1.165, 1.54) is 5.56 Å². The van der Waals surface area contributed by atoms with Gasteiger partial charge in [-0.25, -0.2) is 9.78 Å². The number of anilines is 2. The molecule has 2 amide bonds. The predicted molar refractivity (Wildman–Crippen MR) is 119 cm³/mol. The molecule has 0 bridgehead atoms. The number of H-pyrrole nitrogens is 1. The van der Waals surface area contributed by atoms with Gasteiger partial charge in [0.25, 0.3) is 0 Å². The van der Waals surface area contributed by atoms with Crippen LogP contribution in [0.1, 0.15) is 22.5 Å². The van der Waals surface area contributed by atoms with Crippen LogP contribution < -0.4 is 10.6 Å². The van der Waals surface area contributed by atoms with E-state index in [1.807, 2.05) is 74.5 Å². The maximum Gasteiger partial charge on any atom is 0.323 e. The standard InChI is InChI=1S/C24H24N4O/c1-16-13-17(2)15-20(14-16)26-24(29)25-19-10-7-18(8-11-19)9-12-23-27-21-5-3-4-6-22(21)28-23/h3-8,10-11,13-15H,9,12H2,1-2H3,(H,27,28)(H2,25,26,29). The van der Waals surface area contributed by atoms with Crippen LogP contribution in [0.4, 0.5) is 16.2 Å². The first-order chi connectivity index (χ1) is 14.0. The van der Waals surface area contributed by atoms with E-state index < -0.39 is 0 Å². The molecule has 0 fully saturated rings. The minimum atomic E-state index is -0.245. The zero-order chi connectivity index (χ0) is 20.2. The first-order valence-electron chi connectivity index (χ1n) is 9.74. The van der Waals surface area contributed by atoms with Gasteiger partial charge in [-0.1, -0.05) is 30.3 Å². The average Bonchev–Trinajstić information content (AvgIpc) is 3.09. The fraction of sp³-hybridized carbons (Fsp3) is 0.167. The van der Waals surface area contributed by atoms with Gasteiger partial charge < -0.3 is 15.6 Å². The lowest BCUT2D eigenvalue weighted by atomic mass is 10.1. The van der Waals surface area contributed by atoms with Crippen LogP contribution in [-0.4, -0.2) is 16.0 Å². The molecule has 4 aromatic rings. The Kier molecular flexibility index (Phi) is 5.29. The molecule has 5 heteroatoms. The summed E-state index contributed by atoms with van der Waals surface area (Å²) in [5, 5.41) is 5.76. The van der Waals surface area contributed by atoms with Gasteiger partial charge in [-0.15, -0.1) is 0 Å². The topological polar surface area (TPSA) is 69.8 Å². The second-order valence-corrected chi connectivity index (χ2v) is 7.35. The Labute approximate surface area is 170 Å². The predicted octanol–water partition coefficient (Wildman–Crippen LogP) is 5.61. The number of aromatic amines is 1. The van der Waals surface area contributed by atoms with Crippen molar-refractivity contribution in [3.8, 4) is 0 Å². The minimum Gasteiger partial charge on any atom is -0.342 e. The minimum absolute atomic E-state index is 0.245. The van der Waals surface area contributed by atoms with Gasteiger partial charge in [-0.3, -0.25) is 0 Å². The number of carbonyl (C=O) groups is 1. The molecule has 5 nitrogen and oxygen atoms in total. The molecule has 3 N–H and O–H groups in total. The molecule has 0 radical (unpaired) electrons. The number of para-hydroxylation sites is 2. The van der Waals surface area contributed by atoms with E-state index in [0.29, 0.717) is 0 Å². The summed E-state index contributed by atoms with van der Waals surface area (Å²) in [5.74, 6) is 0.987. The fourth-order valence-electron chi connectivity index (χ4n) is 3.48. The number of carbonyl (C=O) groups excluding carboxylic acids is 1. The Morgan fingerprint density at radius 2 is 1.55 bits per heavy atom. The van der Waals surface area contributed by atoms with Crippen LogP contribution in [0.25, 0.3) is 11.0 Å². The van der Waals surface area contributed by atoms with Crippen molar-refractivity contribution < 1.29 is 4.79 Å². The van der Waals surface area contributed by atoms with Crippen molar-refractivity contribution in [1.29, 1.82) is 0 Å². The van der Waals surface area contributed by atoms with Gasteiger partial charge in [0.2, 0.25) is 0 Å².